The highest BCUT2D eigenvalue weighted by Gasteiger charge is 2.24. The van der Waals surface area contributed by atoms with Crippen LogP contribution in [0.5, 0.6) is 0 Å². The third kappa shape index (κ3) is 4.27. The minimum atomic E-state index is 0.0544. The third-order valence-electron chi connectivity index (χ3n) is 4.84. The molecule has 0 bridgehead atoms. The van der Waals surface area contributed by atoms with Gasteiger partial charge in [0.1, 0.15) is 11.3 Å². The maximum atomic E-state index is 13.0. The number of carbonyl (C=O) groups is 1. The Labute approximate surface area is 159 Å². The van der Waals surface area contributed by atoms with Crippen LogP contribution in [0.3, 0.4) is 0 Å². The van der Waals surface area contributed by atoms with Gasteiger partial charge in [0.25, 0.3) is 5.91 Å². The molecule has 1 aliphatic rings. The van der Waals surface area contributed by atoms with Gasteiger partial charge >= 0.3 is 0 Å². The first-order valence-corrected chi connectivity index (χ1v) is 10.1. The van der Waals surface area contributed by atoms with Gasteiger partial charge in [-0.25, -0.2) is 15.0 Å². The fourth-order valence-corrected chi connectivity index (χ4v) is 4.24. The molecule has 3 rings (SSSR count). The second kappa shape index (κ2) is 8.22. The lowest BCUT2D eigenvalue weighted by atomic mass is 10.1. The van der Waals surface area contributed by atoms with Gasteiger partial charge in [0.15, 0.2) is 0 Å². The van der Waals surface area contributed by atoms with Gasteiger partial charge in [0.05, 0.1) is 29.2 Å². The number of thiazole rings is 1. The van der Waals surface area contributed by atoms with Gasteiger partial charge in [-0.2, -0.15) is 0 Å². The number of aromatic nitrogens is 3. The van der Waals surface area contributed by atoms with Gasteiger partial charge < -0.3 is 4.90 Å². The van der Waals surface area contributed by atoms with E-state index in [0.29, 0.717) is 11.5 Å². The molecule has 1 aliphatic heterocycles. The van der Waals surface area contributed by atoms with Crippen molar-refractivity contribution in [1.82, 2.24) is 24.8 Å². The van der Waals surface area contributed by atoms with Crippen molar-refractivity contribution in [3.8, 4) is 0 Å². The molecule has 26 heavy (non-hydrogen) atoms. The summed E-state index contributed by atoms with van der Waals surface area (Å²) < 4.78 is 0. The first kappa shape index (κ1) is 18.9. The van der Waals surface area contributed by atoms with Crippen LogP contribution >= 0.6 is 11.3 Å². The SMILES string of the molecule is Cc1ncnc(C)c1C(=O)N1CCCN(Cc2nc(C(C)C)cs2)CC1. The molecule has 1 saturated heterocycles. The molecule has 0 spiro atoms. The van der Waals surface area contributed by atoms with Crippen LogP contribution in [0.15, 0.2) is 11.7 Å². The van der Waals surface area contributed by atoms with Crippen LogP contribution < -0.4 is 0 Å². The fourth-order valence-electron chi connectivity index (χ4n) is 3.25. The quantitative estimate of drug-likeness (QED) is 0.824. The van der Waals surface area contributed by atoms with E-state index >= 15 is 0 Å². The second-order valence-corrected chi connectivity index (χ2v) is 8.10. The zero-order valence-electron chi connectivity index (χ0n) is 16.0. The van der Waals surface area contributed by atoms with E-state index in [0.717, 1.165) is 55.5 Å². The lowest BCUT2D eigenvalue weighted by Crippen LogP contribution is -2.36. The maximum absolute atomic E-state index is 13.0. The number of carbonyl (C=O) groups excluding carboxylic acids is 1. The molecule has 3 heterocycles. The minimum absolute atomic E-state index is 0.0544. The molecule has 1 amide bonds. The highest BCUT2D eigenvalue weighted by atomic mass is 32.1. The molecule has 6 nitrogen and oxygen atoms in total. The molecule has 140 valence electrons. The van der Waals surface area contributed by atoms with Crippen molar-refractivity contribution in [2.75, 3.05) is 26.2 Å². The van der Waals surface area contributed by atoms with Gasteiger partial charge in [-0.1, -0.05) is 13.8 Å². The van der Waals surface area contributed by atoms with Crippen LogP contribution in [0.4, 0.5) is 0 Å². The summed E-state index contributed by atoms with van der Waals surface area (Å²) in [6, 6.07) is 0. The Morgan fingerprint density at radius 1 is 1.15 bits per heavy atom. The molecule has 1 fully saturated rings. The Morgan fingerprint density at radius 2 is 1.88 bits per heavy atom. The van der Waals surface area contributed by atoms with Crippen molar-refractivity contribution >= 4 is 17.2 Å². The number of nitrogens with zero attached hydrogens (tertiary/aromatic N) is 5. The fraction of sp³-hybridized carbons (Fsp3) is 0.579. The van der Waals surface area contributed by atoms with Crippen molar-refractivity contribution in [1.29, 1.82) is 0 Å². The Kier molecular flexibility index (Phi) is 5.98. The summed E-state index contributed by atoms with van der Waals surface area (Å²) in [5.74, 6) is 0.524. The second-order valence-electron chi connectivity index (χ2n) is 7.16. The predicted molar refractivity (Wildman–Crippen MR) is 104 cm³/mol. The number of rotatable bonds is 4. The number of hydrogen-bond donors (Lipinski definition) is 0. The van der Waals surface area contributed by atoms with Gasteiger partial charge in [0, 0.05) is 31.6 Å². The molecular weight excluding hydrogens is 346 g/mol. The average molecular weight is 374 g/mol. The summed E-state index contributed by atoms with van der Waals surface area (Å²) in [4.78, 5) is 30.4. The smallest absolute Gasteiger partial charge is 0.257 e. The van der Waals surface area contributed by atoms with E-state index in [9.17, 15) is 4.79 Å². The molecule has 0 atom stereocenters. The van der Waals surface area contributed by atoms with E-state index in [1.54, 1.807) is 11.3 Å². The Hall–Kier alpha value is -1.86. The van der Waals surface area contributed by atoms with Crippen LogP contribution in [-0.4, -0.2) is 56.8 Å². The van der Waals surface area contributed by atoms with Crippen LogP contribution in [0, 0.1) is 13.8 Å². The van der Waals surface area contributed by atoms with Crippen molar-refractivity contribution < 1.29 is 4.79 Å². The molecule has 0 aliphatic carbocycles. The highest BCUT2D eigenvalue weighted by Crippen LogP contribution is 2.20. The van der Waals surface area contributed by atoms with E-state index in [4.69, 9.17) is 4.98 Å². The molecule has 7 heteroatoms. The Morgan fingerprint density at radius 3 is 2.54 bits per heavy atom. The van der Waals surface area contributed by atoms with Crippen LogP contribution in [0.1, 0.15) is 58.6 Å². The van der Waals surface area contributed by atoms with Crippen molar-refractivity contribution in [3.05, 3.63) is 39.4 Å². The summed E-state index contributed by atoms with van der Waals surface area (Å²) in [7, 11) is 0. The molecule has 0 aromatic carbocycles. The van der Waals surface area contributed by atoms with Crippen LogP contribution in [0.2, 0.25) is 0 Å². The first-order chi connectivity index (χ1) is 12.5. The molecular formula is C19H27N5OS. The van der Waals surface area contributed by atoms with E-state index in [2.05, 4.69) is 34.1 Å². The van der Waals surface area contributed by atoms with Crippen molar-refractivity contribution in [2.45, 2.75) is 46.6 Å². The predicted octanol–water partition coefficient (Wildman–Crippen LogP) is 3.02. The summed E-state index contributed by atoms with van der Waals surface area (Å²) >= 11 is 1.74. The average Bonchev–Trinajstić information content (AvgIpc) is 2.93. The standard InChI is InChI=1S/C19H27N5OS/c1-13(2)16-11-26-17(22-16)10-23-6-5-7-24(9-8-23)19(25)18-14(3)20-12-21-15(18)4/h11-13H,5-10H2,1-4H3. The molecule has 2 aromatic heterocycles. The van der Waals surface area contributed by atoms with Gasteiger partial charge in [0.2, 0.25) is 0 Å². The van der Waals surface area contributed by atoms with Crippen molar-refractivity contribution in [2.24, 2.45) is 0 Å². The van der Waals surface area contributed by atoms with Crippen molar-refractivity contribution in [3.63, 3.8) is 0 Å². The summed E-state index contributed by atoms with van der Waals surface area (Å²) in [5, 5.41) is 3.32. The summed E-state index contributed by atoms with van der Waals surface area (Å²) in [6.45, 7) is 12.3. The zero-order chi connectivity index (χ0) is 18.7. The Bertz CT molecular complexity index is 753. The van der Waals surface area contributed by atoms with E-state index in [-0.39, 0.29) is 5.91 Å². The van der Waals surface area contributed by atoms with Crippen LogP contribution in [0.25, 0.3) is 0 Å². The molecule has 2 aromatic rings. The maximum Gasteiger partial charge on any atom is 0.257 e. The summed E-state index contributed by atoms with van der Waals surface area (Å²) in [5.41, 5.74) is 3.34. The normalized spacial score (nSPS) is 16.1. The highest BCUT2D eigenvalue weighted by molar-refractivity contribution is 7.09. The number of aryl methyl sites for hydroxylation is 2. The van der Waals surface area contributed by atoms with E-state index in [1.807, 2.05) is 18.7 Å². The van der Waals surface area contributed by atoms with E-state index < -0.39 is 0 Å². The molecule has 0 radical (unpaired) electrons. The zero-order valence-corrected chi connectivity index (χ0v) is 16.8. The third-order valence-corrected chi connectivity index (χ3v) is 5.69. The van der Waals surface area contributed by atoms with E-state index in [1.165, 1.54) is 12.0 Å². The topological polar surface area (TPSA) is 62.2 Å². The molecule has 0 saturated carbocycles. The number of hydrogen-bond acceptors (Lipinski definition) is 6. The van der Waals surface area contributed by atoms with Crippen LogP contribution in [-0.2, 0) is 6.54 Å². The van der Waals surface area contributed by atoms with Gasteiger partial charge in [-0.05, 0) is 26.2 Å². The lowest BCUT2D eigenvalue weighted by Gasteiger charge is -2.22. The largest absolute Gasteiger partial charge is 0.337 e. The molecule has 0 unspecified atom stereocenters. The molecule has 0 N–H and O–H groups in total. The monoisotopic (exact) mass is 373 g/mol. The first-order valence-electron chi connectivity index (χ1n) is 9.20. The van der Waals surface area contributed by atoms with Gasteiger partial charge in [-0.15, -0.1) is 11.3 Å². The lowest BCUT2D eigenvalue weighted by molar-refractivity contribution is 0.0758. The number of amides is 1. The Balaban J connectivity index is 1.63. The van der Waals surface area contributed by atoms with Gasteiger partial charge in [-0.3, -0.25) is 9.69 Å². The summed E-state index contributed by atoms with van der Waals surface area (Å²) in [6.07, 6.45) is 2.49. The minimum Gasteiger partial charge on any atom is -0.337 e.